The average molecular weight is 327 g/mol. The molecule has 0 unspecified atom stereocenters. The fraction of sp³-hybridized carbons (Fsp3) is 0.643. The minimum atomic E-state index is 0.0764. The van der Waals surface area contributed by atoms with Crippen LogP contribution in [0.3, 0.4) is 0 Å². The molecule has 1 aromatic rings. The van der Waals surface area contributed by atoms with Gasteiger partial charge in [-0.1, -0.05) is 0 Å². The lowest BCUT2D eigenvalue weighted by atomic mass is 9.88. The molecule has 1 aromatic heterocycles. The van der Waals surface area contributed by atoms with E-state index in [1.807, 2.05) is 29.8 Å². The van der Waals surface area contributed by atoms with Crippen molar-refractivity contribution >= 4 is 21.8 Å². The van der Waals surface area contributed by atoms with Crippen LogP contribution in [0.1, 0.15) is 25.0 Å². The maximum atomic E-state index is 12.5. The molecule has 0 aliphatic carbocycles. The summed E-state index contributed by atoms with van der Waals surface area (Å²) >= 11 is 3.46. The van der Waals surface area contributed by atoms with Crippen LogP contribution in [-0.4, -0.2) is 34.6 Å². The Hall–Kier alpha value is -0.810. The molecular formula is C14H19BrN2O2. The van der Waals surface area contributed by atoms with Gasteiger partial charge in [-0.25, -0.2) is 0 Å². The Morgan fingerprint density at radius 3 is 2.89 bits per heavy atom. The van der Waals surface area contributed by atoms with Crippen LogP contribution in [0.2, 0.25) is 0 Å². The number of nitrogens with zero attached hydrogens (tertiary/aromatic N) is 2. The lowest BCUT2D eigenvalue weighted by Crippen LogP contribution is -2.37. The molecular weight excluding hydrogens is 308 g/mol. The Morgan fingerprint density at radius 2 is 2.37 bits per heavy atom. The van der Waals surface area contributed by atoms with Gasteiger partial charge in [-0.15, -0.1) is 0 Å². The first-order valence-corrected chi connectivity index (χ1v) is 7.55. The highest BCUT2D eigenvalue weighted by Gasteiger charge is 2.45. The van der Waals surface area contributed by atoms with Crippen LogP contribution in [-0.2, 0) is 23.1 Å². The Kier molecular flexibility index (Phi) is 3.43. The molecule has 0 aromatic carbocycles. The molecule has 1 amide bonds. The van der Waals surface area contributed by atoms with Crippen molar-refractivity contribution < 1.29 is 9.53 Å². The smallest absolute Gasteiger partial charge is 0.228 e. The van der Waals surface area contributed by atoms with E-state index in [1.165, 1.54) is 0 Å². The standard InChI is InChI=1S/C14H19BrN2O2/c1-16-7-9(15)5-10(16)8-17(2)14(18)12-6-11-3-4-13(12)19-11/h5,7,11-13H,3-4,6,8H2,1-2H3/t11-,12+,13-/m1/s1. The van der Waals surface area contributed by atoms with E-state index in [1.54, 1.807) is 0 Å². The minimum Gasteiger partial charge on any atom is -0.374 e. The van der Waals surface area contributed by atoms with Crippen LogP contribution < -0.4 is 0 Å². The number of aryl methyl sites for hydroxylation is 1. The molecule has 19 heavy (non-hydrogen) atoms. The van der Waals surface area contributed by atoms with E-state index in [-0.39, 0.29) is 17.9 Å². The molecule has 2 saturated heterocycles. The van der Waals surface area contributed by atoms with Gasteiger partial charge >= 0.3 is 0 Å². The fourth-order valence-electron chi connectivity index (χ4n) is 3.23. The van der Waals surface area contributed by atoms with Crippen molar-refractivity contribution in [2.75, 3.05) is 7.05 Å². The van der Waals surface area contributed by atoms with Crippen molar-refractivity contribution in [3.63, 3.8) is 0 Å². The summed E-state index contributed by atoms with van der Waals surface area (Å²) in [5.74, 6) is 0.303. The number of carbonyl (C=O) groups is 1. The summed E-state index contributed by atoms with van der Waals surface area (Å²) in [6.07, 6.45) is 5.59. The quantitative estimate of drug-likeness (QED) is 0.854. The minimum absolute atomic E-state index is 0.0764. The van der Waals surface area contributed by atoms with Gasteiger partial charge in [0, 0.05) is 30.5 Å². The SMILES string of the molecule is CN(Cc1cc(Br)cn1C)C(=O)[C@H]1C[C@H]2CC[C@H]1O2. The maximum Gasteiger partial charge on any atom is 0.228 e. The first-order chi connectivity index (χ1) is 9.04. The van der Waals surface area contributed by atoms with Crippen LogP contribution in [0.15, 0.2) is 16.7 Å². The molecule has 3 rings (SSSR count). The molecule has 4 nitrogen and oxygen atoms in total. The largest absolute Gasteiger partial charge is 0.374 e. The Labute approximate surface area is 121 Å². The predicted molar refractivity (Wildman–Crippen MR) is 75.6 cm³/mol. The average Bonchev–Trinajstić information content (AvgIpc) is 3.04. The van der Waals surface area contributed by atoms with Crippen molar-refractivity contribution in [3.05, 3.63) is 22.4 Å². The highest BCUT2D eigenvalue weighted by atomic mass is 79.9. The van der Waals surface area contributed by atoms with E-state index in [2.05, 4.69) is 22.0 Å². The summed E-state index contributed by atoms with van der Waals surface area (Å²) in [4.78, 5) is 14.3. The second-order valence-corrected chi connectivity index (χ2v) is 6.59. The van der Waals surface area contributed by atoms with E-state index >= 15 is 0 Å². The lowest BCUT2D eigenvalue weighted by Gasteiger charge is -2.25. The van der Waals surface area contributed by atoms with Crippen LogP contribution in [0.4, 0.5) is 0 Å². The van der Waals surface area contributed by atoms with Crippen LogP contribution in [0.25, 0.3) is 0 Å². The van der Waals surface area contributed by atoms with Crippen molar-refractivity contribution in [2.45, 2.75) is 38.0 Å². The van der Waals surface area contributed by atoms with Crippen molar-refractivity contribution in [1.29, 1.82) is 0 Å². The van der Waals surface area contributed by atoms with Gasteiger partial charge in [-0.05, 0) is 41.3 Å². The highest BCUT2D eigenvalue weighted by Crippen LogP contribution is 2.39. The fourth-order valence-corrected chi connectivity index (χ4v) is 3.80. The number of carbonyl (C=O) groups excluding carboxylic acids is 1. The molecule has 2 aliphatic heterocycles. The van der Waals surface area contributed by atoms with Crippen LogP contribution in [0, 0.1) is 5.92 Å². The molecule has 0 saturated carbocycles. The van der Waals surface area contributed by atoms with Gasteiger partial charge in [0.25, 0.3) is 0 Å². The third-order valence-corrected chi connectivity index (χ3v) is 4.71. The Morgan fingerprint density at radius 1 is 1.58 bits per heavy atom. The number of rotatable bonds is 3. The molecule has 3 heterocycles. The van der Waals surface area contributed by atoms with Crippen molar-refractivity contribution in [3.8, 4) is 0 Å². The molecule has 104 valence electrons. The van der Waals surface area contributed by atoms with E-state index < -0.39 is 0 Å². The zero-order valence-corrected chi connectivity index (χ0v) is 12.9. The van der Waals surface area contributed by atoms with E-state index in [9.17, 15) is 4.79 Å². The normalized spacial score (nSPS) is 28.9. The Balaban J connectivity index is 1.65. The van der Waals surface area contributed by atoms with Gasteiger partial charge in [-0.2, -0.15) is 0 Å². The monoisotopic (exact) mass is 326 g/mol. The summed E-state index contributed by atoms with van der Waals surface area (Å²) in [6.45, 7) is 0.648. The van der Waals surface area contributed by atoms with E-state index in [4.69, 9.17) is 4.74 Å². The summed E-state index contributed by atoms with van der Waals surface area (Å²) in [5.41, 5.74) is 1.13. The van der Waals surface area contributed by atoms with Gasteiger partial charge in [0.2, 0.25) is 5.91 Å². The predicted octanol–water partition coefficient (Wildman–Crippen LogP) is 2.31. The summed E-state index contributed by atoms with van der Waals surface area (Å²) in [7, 11) is 3.88. The Bertz CT molecular complexity index is 500. The highest BCUT2D eigenvalue weighted by molar-refractivity contribution is 9.10. The molecule has 2 bridgehead atoms. The second-order valence-electron chi connectivity index (χ2n) is 5.67. The lowest BCUT2D eigenvalue weighted by molar-refractivity contribution is -0.136. The molecule has 0 N–H and O–H groups in total. The first-order valence-electron chi connectivity index (χ1n) is 6.76. The van der Waals surface area contributed by atoms with Crippen molar-refractivity contribution in [1.82, 2.24) is 9.47 Å². The van der Waals surface area contributed by atoms with Gasteiger partial charge in [0.05, 0.1) is 24.7 Å². The summed E-state index contributed by atoms with van der Waals surface area (Å²) in [5, 5.41) is 0. The molecule has 0 radical (unpaired) electrons. The molecule has 2 aliphatic rings. The van der Waals surface area contributed by atoms with Crippen molar-refractivity contribution in [2.24, 2.45) is 13.0 Å². The topological polar surface area (TPSA) is 34.5 Å². The number of amides is 1. The van der Waals surface area contributed by atoms with E-state index in [0.29, 0.717) is 12.6 Å². The number of aromatic nitrogens is 1. The summed E-state index contributed by atoms with van der Waals surface area (Å²) < 4.78 is 8.87. The molecule has 2 fully saturated rings. The number of halogens is 1. The zero-order chi connectivity index (χ0) is 13.6. The number of hydrogen-bond donors (Lipinski definition) is 0. The molecule has 0 spiro atoms. The maximum absolute atomic E-state index is 12.5. The number of fused-ring (bicyclic) bond motifs is 2. The zero-order valence-electron chi connectivity index (χ0n) is 11.3. The van der Waals surface area contributed by atoms with Gasteiger partial charge in [-0.3, -0.25) is 4.79 Å². The van der Waals surface area contributed by atoms with Gasteiger partial charge in [0.1, 0.15) is 0 Å². The third kappa shape index (κ3) is 2.46. The number of ether oxygens (including phenoxy) is 1. The van der Waals surface area contributed by atoms with Gasteiger partial charge in [0.15, 0.2) is 0 Å². The van der Waals surface area contributed by atoms with Gasteiger partial charge < -0.3 is 14.2 Å². The summed E-state index contributed by atoms with van der Waals surface area (Å²) in [6, 6.07) is 2.06. The van der Waals surface area contributed by atoms with Crippen LogP contribution in [0.5, 0.6) is 0 Å². The van der Waals surface area contributed by atoms with E-state index in [0.717, 1.165) is 29.4 Å². The third-order valence-electron chi connectivity index (χ3n) is 4.27. The molecule has 3 atom stereocenters. The molecule has 5 heteroatoms. The second kappa shape index (κ2) is 4.94. The van der Waals surface area contributed by atoms with Crippen LogP contribution >= 0.6 is 15.9 Å². The first kappa shape index (κ1) is 13.2. The number of hydrogen-bond acceptors (Lipinski definition) is 2.